The van der Waals surface area contributed by atoms with Gasteiger partial charge in [0.05, 0.1) is 25.9 Å². The molecule has 208 valence electrons. The second-order valence-corrected chi connectivity index (χ2v) is 10.7. The lowest BCUT2D eigenvalue weighted by Crippen LogP contribution is -2.49. The zero-order valence-corrected chi connectivity index (χ0v) is 22.9. The predicted molar refractivity (Wildman–Crippen MR) is 150 cm³/mol. The number of nitrogens with one attached hydrogen (secondary N) is 1. The van der Waals surface area contributed by atoms with Crippen LogP contribution in [0.3, 0.4) is 0 Å². The molecule has 1 saturated carbocycles. The van der Waals surface area contributed by atoms with Crippen LogP contribution in [0.15, 0.2) is 33.6 Å². The van der Waals surface area contributed by atoms with Crippen LogP contribution in [0.5, 0.6) is 0 Å². The highest BCUT2D eigenvalue weighted by atomic mass is 35.5. The van der Waals surface area contributed by atoms with Crippen molar-refractivity contribution in [3.8, 4) is 35.2 Å². The van der Waals surface area contributed by atoms with Crippen molar-refractivity contribution in [1.29, 1.82) is 0 Å². The van der Waals surface area contributed by atoms with Gasteiger partial charge in [0.25, 0.3) is 0 Å². The van der Waals surface area contributed by atoms with Crippen LogP contribution in [0, 0.1) is 24.2 Å². The fourth-order valence-corrected chi connectivity index (χ4v) is 5.89. The molecule has 12 heteroatoms. The van der Waals surface area contributed by atoms with Gasteiger partial charge >= 0.3 is 5.76 Å². The van der Waals surface area contributed by atoms with Crippen molar-refractivity contribution >= 4 is 28.7 Å². The molecule has 40 heavy (non-hydrogen) atoms. The average Bonchev–Trinajstić information content (AvgIpc) is 3.57. The quantitative estimate of drug-likeness (QED) is 0.334. The highest BCUT2D eigenvalue weighted by molar-refractivity contribution is 6.30. The second-order valence-electron chi connectivity index (χ2n) is 10.3. The van der Waals surface area contributed by atoms with Gasteiger partial charge in [0, 0.05) is 36.7 Å². The number of anilines is 1. The molecule has 0 amide bonds. The highest BCUT2D eigenvalue weighted by Gasteiger charge is 2.32. The smallest absolute Gasteiger partial charge is 0.382 e. The van der Waals surface area contributed by atoms with Gasteiger partial charge < -0.3 is 18.9 Å². The zero-order valence-electron chi connectivity index (χ0n) is 22.2. The number of rotatable bonds is 7. The Hall–Kier alpha value is -3.72. The lowest BCUT2D eigenvalue weighted by atomic mass is 9.82. The van der Waals surface area contributed by atoms with Gasteiger partial charge in [-0.2, -0.15) is 4.98 Å². The number of hydrogen-bond donors (Lipinski definition) is 1. The summed E-state index contributed by atoms with van der Waals surface area (Å²) in [4.78, 5) is 31.2. The Morgan fingerprint density at radius 1 is 1.23 bits per heavy atom. The summed E-state index contributed by atoms with van der Waals surface area (Å²) in [5.41, 5.74) is 2.71. The van der Waals surface area contributed by atoms with Crippen LogP contribution in [0.2, 0.25) is 5.02 Å². The first kappa shape index (κ1) is 26.5. The number of morpholine rings is 1. The fourth-order valence-electron chi connectivity index (χ4n) is 5.70. The number of nitrogens with zero attached hydrogens (tertiary/aromatic N) is 6. The number of H-pyrrole nitrogens is 1. The van der Waals surface area contributed by atoms with Gasteiger partial charge in [-0.25, -0.2) is 14.8 Å². The van der Waals surface area contributed by atoms with E-state index in [0.717, 1.165) is 49.3 Å². The van der Waals surface area contributed by atoms with Crippen molar-refractivity contribution < 1.29 is 14.0 Å². The molecule has 1 atom stereocenters. The minimum Gasteiger partial charge on any atom is -0.382 e. The van der Waals surface area contributed by atoms with Crippen molar-refractivity contribution in [3.63, 3.8) is 0 Å². The normalized spacial score (nSPS) is 21.5. The van der Waals surface area contributed by atoms with Crippen LogP contribution < -0.4 is 10.7 Å². The molecular formula is C28H30ClN7O4. The largest absolute Gasteiger partial charge is 0.439 e. The maximum Gasteiger partial charge on any atom is 0.439 e. The lowest BCUT2D eigenvalue weighted by molar-refractivity contribution is 0.0589. The molecule has 11 nitrogen and oxygen atoms in total. The first-order valence-corrected chi connectivity index (χ1v) is 13.8. The zero-order chi connectivity index (χ0) is 27.6. The molecule has 4 heterocycles. The number of methoxy groups -OCH3 is 1. The van der Waals surface area contributed by atoms with E-state index in [1.807, 2.05) is 24.3 Å². The number of terminal acetylenes is 1. The maximum absolute atomic E-state index is 11.7. The number of hydrogen-bond acceptors (Lipinski definition) is 9. The highest BCUT2D eigenvalue weighted by Crippen LogP contribution is 2.37. The summed E-state index contributed by atoms with van der Waals surface area (Å²) in [5.74, 6) is 4.10. The number of benzene rings is 1. The molecule has 6 rings (SSSR count). The van der Waals surface area contributed by atoms with Crippen molar-refractivity contribution in [2.75, 3.05) is 38.4 Å². The molecule has 1 aliphatic carbocycles. The SMILES string of the molecule is C#CC1CCC(Cn2c(N3CCOC[C@H]3COC)nc3nc(-c4noc(=O)[nH]4)nc(-c4cccc(Cl)c4)c32)CC1. The molecule has 2 fully saturated rings. The molecule has 1 aliphatic heterocycles. The van der Waals surface area contributed by atoms with E-state index in [9.17, 15) is 4.79 Å². The monoisotopic (exact) mass is 563 g/mol. The molecule has 0 bridgehead atoms. The summed E-state index contributed by atoms with van der Waals surface area (Å²) in [6.07, 6.45) is 9.81. The number of fused-ring (bicyclic) bond motifs is 1. The summed E-state index contributed by atoms with van der Waals surface area (Å²) < 4.78 is 18.3. The molecule has 0 spiro atoms. The van der Waals surface area contributed by atoms with Crippen molar-refractivity contribution in [3.05, 3.63) is 39.8 Å². The molecule has 0 unspecified atom stereocenters. The summed E-state index contributed by atoms with van der Waals surface area (Å²) >= 11 is 6.42. The Kier molecular flexibility index (Phi) is 7.56. The molecule has 1 saturated heterocycles. The van der Waals surface area contributed by atoms with E-state index in [4.69, 9.17) is 47.0 Å². The second kappa shape index (κ2) is 11.4. The first-order valence-electron chi connectivity index (χ1n) is 13.4. The minimum absolute atomic E-state index is 0.0135. The van der Waals surface area contributed by atoms with Crippen LogP contribution in [-0.4, -0.2) is 69.2 Å². The number of aromatic nitrogens is 6. The van der Waals surface area contributed by atoms with E-state index in [1.54, 1.807) is 7.11 Å². The van der Waals surface area contributed by atoms with Gasteiger partial charge in [-0.05, 0) is 43.7 Å². The molecule has 1 N–H and O–H groups in total. The Labute approximate surface area is 235 Å². The van der Waals surface area contributed by atoms with Crippen LogP contribution in [0.1, 0.15) is 25.7 Å². The molecule has 3 aromatic heterocycles. The van der Waals surface area contributed by atoms with E-state index in [1.165, 1.54) is 0 Å². The van der Waals surface area contributed by atoms with Gasteiger partial charge in [0.2, 0.25) is 17.6 Å². The van der Waals surface area contributed by atoms with Gasteiger partial charge in [-0.15, -0.1) is 12.3 Å². The molecule has 0 radical (unpaired) electrons. The standard InChI is InChI=1S/C28H30ClN7O4/c1-3-17-7-9-18(10-8-17)14-36-23-22(19-5-4-6-20(29)13-19)30-25(26-33-28(37)40-34-26)31-24(23)32-27(36)35-11-12-39-16-21(35)15-38-2/h1,4-6,13,17-18,21H,7-12,14-16H2,2H3,(H,33,34,37)/t17?,18?,21-/m1/s1. The summed E-state index contributed by atoms with van der Waals surface area (Å²) in [6.45, 7) is 2.99. The van der Waals surface area contributed by atoms with Crippen LogP contribution in [0.25, 0.3) is 34.1 Å². The summed E-state index contributed by atoms with van der Waals surface area (Å²) in [7, 11) is 1.69. The third-order valence-corrected chi connectivity index (χ3v) is 7.93. The van der Waals surface area contributed by atoms with Crippen molar-refractivity contribution in [1.82, 2.24) is 29.7 Å². The molecular weight excluding hydrogens is 534 g/mol. The van der Waals surface area contributed by atoms with E-state index >= 15 is 0 Å². The minimum atomic E-state index is -0.687. The fraction of sp³-hybridized carbons (Fsp3) is 0.464. The Bertz CT molecular complexity index is 1600. The summed E-state index contributed by atoms with van der Waals surface area (Å²) in [5, 5.41) is 4.40. The molecule has 1 aromatic carbocycles. The molecule has 4 aromatic rings. The third kappa shape index (κ3) is 5.22. The topological polar surface area (TPSA) is 124 Å². The van der Waals surface area contributed by atoms with Gasteiger partial charge in [-0.3, -0.25) is 9.51 Å². The Morgan fingerprint density at radius 3 is 2.80 bits per heavy atom. The van der Waals surface area contributed by atoms with Gasteiger partial charge in [0.1, 0.15) is 11.2 Å². The predicted octanol–water partition coefficient (Wildman–Crippen LogP) is 3.78. The number of aromatic amines is 1. The van der Waals surface area contributed by atoms with E-state index < -0.39 is 5.76 Å². The molecule has 2 aliphatic rings. The summed E-state index contributed by atoms with van der Waals surface area (Å²) in [6, 6.07) is 7.48. The maximum atomic E-state index is 11.7. The Balaban J connectivity index is 1.55. The van der Waals surface area contributed by atoms with Gasteiger partial charge in [0.15, 0.2) is 5.65 Å². The first-order chi connectivity index (χ1) is 19.5. The van der Waals surface area contributed by atoms with E-state index in [2.05, 4.69) is 25.5 Å². The number of imidazole rings is 1. The number of ether oxygens (including phenoxy) is 2. The van der Waals surface area contributed by atoms with E-state index in [-0.39, 0.29) is 17.7 Å². The van der Waals surface area contributed by atoms with Crippen LogP contribution in [0.4, 0.5) is 5.95 Å². The average molecular weight is 564 g/mol. The van der Waals surface area contributed by atoms with E-state index in [0.29, 0.717) is 54.6 Å². The van der Waals surface area contributed by atoms with Crippen molar-refractivity contribution in [2.45, 2.75) is 38.3 Å². The lowest BCUT2D eigenvalue weighted by Gasteiger charge is -2.37. The van der Waals surface area contributed by atoms with Crippen LogP contribution in [-0.2, 0) is 16.0 Å². The number of halogens is 1. The Morgan fingerprint density at radius 2 is 2.08 bits per heavy atom. The van der Waals surface area contributed by atoms with Crippen LogP contribution >= 0.6 is 11.6 Å². The van der Waals surface area contributed by atoms with Crippen molar-refractivity contribution in [2.24, 2.45) is 11.8 Å². The third-order valence-electron chi connectivity index (χ3n) is 7.70. The van der Waals surface area contributed by atoms with Gasteiger partial charge in [-0.1, -0.05) is 28.9 Å².